The van der Waals surface area contributed by atoms with Gasteiger partial charge in [-0.25, -0.2) is 17.8 Å². The van der Waals surface area contributed by atoms with Crippen LogP contribution in [0.1, 0.15) is 11.5 Å². The Hall–Kier alpha value is -2.71. The summed E-state index contributed by atoms with van der Waals surface area (Å²) in [6, 6.07) is 15.9. The van der Waals surface area contributed by atoms with E-state index in [-0.39, 0.29) is 29.3 Å². The van der Waals surface area contributed by atoms with Crippen LogP contribution in [0.4, 0.5) is 10.1 Å². The first-order chi connectivity index (χ1) is 13.4. The Bertz CT molecular complexity index is 1070. The highest BCUT2D eigenvalue weighted by Gasteiger charge is 2.41. The molecular formula is C20H21FN4O2S. The van der Waals surface area contributed by atoms with E-state index in [2.05, 4.69) is 10.3 Å². The summed E-state index contributed by atoms with van der Waals surface area (Å²) in [6.45, 7) is 0.530. The third kappa shape index (κ3) is 3.53. The molecule has 0 aliphatic carbocycles. The summed E-state index contributed by atoms with van der Waals surface area (Å²) in [5.74, 6) is -0.473. The van der Waals surface area contributed by atoms with Crippen molar-refractivity contribution in [3.05, 3.63) is 78.5 Å². The smallest absolute Gasteiger partial charge is 0.262 e. The fraction of sp³-hybridized carbons (Fsp3) is 0.250. The number of nitrogens with one attached hydrogen (secondary N) is 1. The zero-order chi connectivity index (χ0) is 19.7. The maximum Gasteiger partial charge on any atom is 0.262 e. The molecule has 0 radical (unpaired) electrons. The van der Waals surface area contributed by atoms with Crippen molar-refractivity contribution >= 4 is 15.7 Å². The van der Waals surface area contributed by atoms with Gasteiger partial charge in [-0.2, -0.15) is 4.31 Å². The molecule has 0 bridgehead atoms. The summed E-state index contributed by atoms with van der Waals surface area (Å²) in [7, 11) is -2.00. The van der Waals surface area contributed by atoms with E-state index in [4.69, 9.17) is 0 Å². The summed E-state index contributed by atoms with van der Waals surface area (Å²) in [5, 5.41) is 3.23. The van der Waals surface area contributed by atoms with E-state index >= 15 is 0 Å². The molecule has 4 rings (SSSR count). The first-order valence-electron chi connectivity index (χ1n) is 8.99. The molecule has 1 N–H and O–H groups in total. The summed E-state index contributed by atoms with van der Waals surface area (Å²) in [6.07, 6.45) is 2.96. The highest BCUT2D eigenvalue weighted by Crippen LogP contribution is 2.33. The lowest BCUT2D eigenvalue weighted by molar-refractivity contribution is 0.468. The number of sulfonamides is 1. The second-order valence-electron chi connectivity index (χ2n) is 6.95. The molecule has 3 aromatic rings. The van der Waals surface area contributed by atoms with Crippen LogP contribution in [0.2, 0.25) is 0 Å². The maximum atomic E-state index is 14.2. The van der Waals surface area contributed by atoms with Gasteiger partial charge in [-0.15, -0.1) is 0 Å². The van der Waals surface area contributed by atoms with Crippen LogP contribution >= 0.6 is 0 Å². The number of nitrogens with zero attached hydrogens (tertiary/aromatic N) is 3. The van der Waals surface area contributed by atoms with Gasteiger partial charge in [-0.3, -0.25) is 0 Å². The Balaban J connectivity index is 1.66. The van der Waals surface area contributed by atoms with Crippen LogP contribution in [0.5, 0.6) is 0 Å². The van der Waals surface area contributed by atoms with Gasteiger partial charge in [0.1, 0.15) is 5.82 Å². The molecular weight excluding hydrogens is 379 g/mol. The second kappa shape index (κ2) is 7.37. The van der Waals surface area contributed by atoms with Gasteiger partial charge in [0.15, 0.2) is 5.03 Å². The van der Waals surface area contributed by atoms with Gasteiger partial charge < -0.3 is 9.88 Å². The monoisotopic (exact) mass is 400 g/mol. The number of para-hydroxylation sites is 1. The molecule has 1 aliphatic rings. The van der Waals surface area contributed by atoms with E-state index in [1.54, 1.807) is 29.8 Å². The minimum Gasteiger partial charge on any atom is -0.378 e. The summed E-state index contributed by atoms with van der Waals surface area (Å²) in [4.78, 5) is 4.01. The molecule has 8 heteroatoms. The molecule has 146 valence electrons. The number of hydrogen-bond acceptors (Lipinski definition) is 4. The van der Waals surface area contributed by atoms with Crippen LogP contribution in [0.25, 0.3) is 0 Å². The maximum absolute atomic E-state index is 14.2. The lowest BCUT2D eigenvalue weighted by atomic mass is 9.94. The van der Waals surface area contributed by atoms with Gasteiger partial charge in [0, 0.05) is 38.3 Å². The number of halogens is 1. The molecule has 2 aromatic carbocycles. The van der Waals surface area contributed by atoms with Crippen molar-refractivity contribution in [2.24, 2.45) is 7.05 Å². The van der Waals surface area contributed by atoms with Crippen molar-refractivity contribution in [2.75, 3.05) is 18.4 Å². The highest BCUT2D eigenvalue weighted by molar-refractivity contribution is 7.89. The number of aromatic nitrogens is 2. The fourth-order valence-corrected chi connectivity index (χ4v) is 5.04. The zero-order valence-electron chi connectivity index (χ0n) is 15.4. The number of aryl methyl sites for hydroxylation is 1. The first kappa shape index (κ1) is 18.6. The van der Waals surface area contributed by atoms with Gasteiger partial charge in [0.25, 0.3) is 10.0 Å². The van der Waals surface area contributed by atoms with Gasteiger partial charge in [-0.1, -0.05) is 42.5 Å². The largest absolute Gasteiger partial charge is 0.378 e. The van der Waals surface area contributed by atoms with E-state index in [9.17, 15) is 12.8 Å². The molecule has 1 fully saturated rings. The lowest BCUT2D eigenvalue weighted by Gasteiger charge is -2.21. The summed E-state index contributed by atoms with van der Waals surface area (Å²) in [5.41, 5.74) is 1.38. The third-order valence-electron chi connectivity index (χ3n) is 5.01. The van der Waals surface area contributed by atoms with Crippen molar-refractivity contribution < 1.29 is 12.8 Å². The predicted molar refractivity (Wildman–Crippen MR) is 105 cm³/mol. The molecule has 2 heterocycles. The Morgan fingerprint density at radius 3 is 2.46 bits per heavy atom. The van der Waals surface area contributed by atoms with Gasteiger partial charge in [0.2, 0.25) is 0 Å². The van der Waals surface area contributed by atoms with Crippen molar-refractivity contribution in [2.45, 2.75) is 17.0 Å². The molecule has 0 amide bonds. The molecule has 1 saturated heterocycles. The highest BCUT2D eigenvalue weighted by atomic mass is 32.2. The lowest BCUT2D eigenvalue weighted by Crippen LogP contribution is -2.32. The standard InChI is InChI=1S/C20H21FN4O2S/c1-24-13-20(22-14-24)28(26,27)25-11-16(15-7-3-2-4-8-15)19(12-25)23-18-10-6-5-9-17(18)21/h2-10,13-14,16,19,23H,11-12H2,1H3/t16-,19+/m1/s1. The molecule has 0 saturated carbocycles. The number of anilines is 1. The molecule has 2 atom stereocenters. The molecule has 6 nitrogen and oxygen atoms in total. The predicted octanol–water partition coefficient (Wildman–Crippen LogP) is 2.83. The number of rotatable bonds is 5. The Kier molecular flexibility index (Phi) is 4.91. The van der Waals surface area contributed by atoms with Gasteiger partial charge in [-0.05, 0) is 17.7 Å². The van der Waals surface area contributed by atoms with Crippen LogP contribution < -0.4 is 5.32 Å². The Labute approximate surface area is 163 Å². The van der Waals surface area contributed by atoms with Crippen molar-refractivity contribution in [3.63, 3.8) is 0 Å². The normalized spacial score (nSPS) is 20.4. The summed E-state index contributed by atoms with van der Waals surface area (Å²) >= 11 is 0. The van der Waals surface area contributed by atoms with Crippen LogP contribution in [-0.4, -0.2) is 41.4 Å². The average molecular weight is 400 g/mol. The van der Waals surface area contributed by atoms with Crippen molar-refractivity contribution in [1.29, 1.82) is 0 Å². The second-order valence-corrected chi connectivity index (χ2v) is 8.83. The third-order valence-corrected chi connectivity index (χ3v) is 6.73. The Morgan fingerprint density at radius 1 is 1.07 bits per heavy atom. The van der Waals surface area contributed by atoms with E-state index in [0.717, 1.165) is 5.56 Å². The van der Waals surface area contributed by atoms with Crippen LogP contribution in [0.3, 0.4) is 0 Å². The molecule has 28 heavy (non-hydrogen) atoms. The quantitative estimate of drug-likeness (QED) is 0.715. The molecule has 1 aliphatic heterocycles. The minimum atomic E-state index is -3.73. The summed E-state index contributed by atoms with van der Waals surface area (Å²) < 4.78 is 43.3. The van der Waals surface area contributed by atoms with Crippen LogP contribution in [0.15, 0.2) is 72.1 Å². The van der Waals surface area contributed by atoms with E-state index in [1.807, 2.05) is 30.3 Å². The SMILES string of the molecule is Cn1cnc(S(=O)(=O)N2C[C@H](Nc3ccccc3F)[C@@H](c3ccccc3)C2)c1. The first-order valence-corrected chi connectivity index (χ1v) is 10.4. The topological polar surface area (TPSA) is 67.2 Å². The average Bonchev–Trinajstić information content (AvgIpc) is 3.32. The van der Waals surface area contributed by atoms with E-state index in [0.29, 0.717) is 12.2 Å². The number of imidazole rings is 1. The zero-order valence-corrected chi connectivity index (χ0v) is 16.2. The molecule has 0 spiro atoms. The van der Waals surface area contributed by atoms with Gasteiger partial charge >= 0.3 is 0 Å². The van der Waals surface area contributed by atoms with Gasteiger partial charge in [0.05, 0.1) is 12.0 Å². The number of benzene rings is 2. The Morgan fingerprint density at radius 2 is 1.79 bits per heavy atom. The van der Waals surface area contributed by atoms with Crippen molar-refractivity contribution in [3.8, 4) is 0 Å². The minimum absolute atomic E-state index is 0.0216. The van der Waals surface area contributed by atoms with E-state index in [1.165, 1.54) is 22.9 Å². The fourth-order valence-electron chi connectivity index (χ4n) is 3.58. The molecule has 1 aromatic heterocycles. The number of hydrogen-bond donors (Lipinski definition) is 1. The molecule has 0 unspecified atom stereocenters. The van der Waals surface area contributed by atoms with Crippen LogP contribution in [0, 0.1) is 5.82 Å². The van der Waals surface area contributed by atoms with E-state index < -0.39 is 10.0 Å². The van der Waals surface area contributed by atoms with Crippen molar-refractivity contribution in [1.82, 2.24) is 13.9 Å². The van der Waals surface area contributed by atoms with Crippen LogP contribution in [-0.2, 0) is 17.1 Å².